The molecule has 0 saturated carbocycles. The predicted molar refractivity (Wildman–Crippen MR) is 50.8 cm³/mol. The van der Waals surface area contributed by atoms with Crippen LogP contribution in [0, 0.1) is 0 Å². The van der Waals surface area contributed by atoms with E-state index in [0.717, 1.165) is 0 Å². The number of aromatic amines is 1. The minimum absolute atomic E-state index is 0.152. The smallest absolute Gasteiger partial charge is 0.327 e. The number of fused-ring (bicyclic) bond motifs is 2. The lowest BCUT2D eigenvalue weighted by Gasteiger charge is -2.07. The molecule has 15 heavy (non-hydrogen) atoms. The summed E-state index contributed by atoms with van der Waals surface area (Å²) in [6, 6.07) is 0.152. The molecule has 0 aromatic carbocycles. The van der Waals surface area contributed by atoms with Gasteiger partial charge in [0.15, 0.2) is 11.2 Å². The molecule has 7 heteroatoms. The van der Waals surface area contributed by atoms with Crippen molar-refractivity contribution < 1.29 is 4.84 Å². The van der Waals surface area contributed by atoms with Gasteiger partial charge in [-0.2, -0.15) is 4.98 Å². The highest BCUT2D eigenvalue weighted by Gasteiger charge is 2.23. The standard InChI is InChI=1S/C8H6N4O3/c1-2-3-11-5-4-6(13)12(8(11)14)15-7(9-4)10-5/h2H,1,3H2,(H,9,10). The first kappa shape index (κ1) is 8.04. The molecular weight excluding hydrogens is 200 g/mol. The fourth-order valence-corrected chi connectivity index (χ4v) is 1.58. The van der Waals surface area contributed by atoms with Crippen molar-refractivity contribution in [2.75, 3.05) is 0 Å². The predicted octanol–water partition coefficient (Wildman–Crippen LogP) is -0.772. The zero-order chi connectivity index (χ0) is 10.6. The van der Waals surface area contributed by atoms with Crippen molar-refractivity contribution in [3.8, 4) is 6.01 Å². The van der Waals surface area contributed by atoms with Gasteiger partial charge in [0.1, 0.15) is 0 Å². The topological polar surface area (TPSA) is 81.9 Å². The molecule has 0 saturated heterocycles. The molecule has 3 bridgehead atoms. The molecule has 1 aliphatic heterocycles. The molecule has 0 radical (unpaired) electrons. The van der Waals surface area contributed by atoms with E-state index < -0.39 is 11.2 Å². The Morgan fingerprint density at radius 3 is 3.07 bits per heavy atom. The lowest BCUT2D eigenvalue weighted by atomic mass is 10.5. The van der Waals surface area contributed by atoms with E-state index >= 15 is 0 Å². The molecule has 2 aromatic rings. The average Bonchev–Trinajstić information content (AvgIpc) is 2.52. The summed E-state index contributed by atoms with van der Waals surface area (Å²) in [5.74, 6) is 0. The van der Waals surface area contributed by atoms with Gasteiger partial charge in [-0.3, -0.25) is 14.3 Å². The Balaban J connectivity index is 2.59. The fourth-order valence-electron chi connectivity index (χ4n) is 1.58. The average molecular weight is 206 g/mol. The van der Waals surface area contributed by atoms with E-state index in [4.69, 9.17) is 4.84 Å². The quantitative estimate of drug-likeness (QED) is 0.558. The number of hydrogen-bond acceptors (Lipinski definition) is 4. The van der Waals surface area contributed by atoms with Crippen molar-refractivity contribution >= 4 is 11.2 Å². The van der Waals surface area contributed by atoms with Crippen LogP contribution in [0.4, 0.5) is 0 Å². The van der Waals surface area contributed by atoms with Crippen molar-refractivity contribution in [1.82, 2.24) is 19.3 Å². The van der Waals surface area contributed by atoms with Crippen LogP contribution in [0.3, 0.4) is 0 Å². The van der Waals surface area contributed by atoms with Crippen molar-refractivity contribution in [2.24, 2.45) is 0 Å². The lowest BCUT2D eigenvalue weighted by molar-refractivity contribution is 0.170. The van der Waals surface area contributed by atoms with Crippen LogP contribution in [0.25, 0.3) is 11.2 Å². The number of H-pyrrole nitrogens is 1. The first-order chi connectivity index (χ1) is 7.22. The normalized spacial score (nSPS) is 12.3. The Hall–Kier alpha value is -2.31. The van der Waals surface area contributed by atoms with Gasteiger partial charge in [-0.15, -0.1) is 6.58 Å². The zero-order valence-corrected chi connectivity index (χ0v) is 7.56. The van der Waals surface area contributed by atoms with E-state index in [9.17, 15) is 9.59 Å². The molecular formula is C8H6N4O3. The molecule has 2 aromatic heterocycles. The maximum absolute atomic E-state index is 11.7. The van der Waals surface area contributed by atoms with Gasteiger partial charge in [0.25, 0.3) is 0 Å². The second-order valence-electron chi connectivity index (χ2n) is 3.11. The monoisotopic (exact) mass is 206 g/mol. The summed E-state index contributed by atoms with van der Waals surface area (Å²) >= 11 is 0. The summed E-state index contributed by atoms with van der Waals surface area (Å²) in [6.07, 6.45) is 1.55. The van der Waals surface area contributed by atoms with Gasteiger partial charge in [-0.05, 0) is 0 Å². The largest absolute Gasteiger partial charge is 0.367 e. The van der Waals surface area contributed by atoms with Gasteiger partial charge in [0.05, 0.1) is 0 Å². The van der Waals surface area contributed by atoms with Crippen molar-refractivity contribution in [1.29, 1.82) is 0 Å². The van der Waals surface area contributed by atoms with Gasteiger partial charge in [0.2, 0.25) is 0 Å². The summed E-state index contributed by atoms with van der Waals surface area (Å²) in [4.78, 5) is 34.8. The Morgan fingerprint density at radius 1 is 1.53 bits per heavy atom. The molecule has 0 fully saturated rings. The highest BCUT2D eigenvalue weighted by Crippen LogP contribution is 2.14. The molecule has 0 spiro atoms. The van der Waals surface area contributed by atoms with Gasteiger partial charge in [-0.25, -0.2) is 4.79 Å². The Kier molecular flexibility index (Phi) is 1.28. The number of rotatable bonds is 2. The van der Waals surface area contributed by atoms with Crippen LogP contribution < -0.4 is 16.1 Å². The first-order valence-corrected chi connectivity index (χ1v) is 4.27. The summed E-state index contributed by atoms with van der Waals surface area (Å²) in [5, 5.41) is 0. The summed E-state index contributed by atoms with van der Waals surface area (Å²) in [5.41, 5.74) is -0.481. The molecule has 0 unspecified atom stereocenters. The maximum atomic E-state index is 11.7. The van der Waals surface area contributed by atoms with Crippen LogP contribution in [-0.2, 0) is 6.54 Å². The van der Waals surface area contributed by atoms with E-state index in [1.807, 2.05) is 0 Å². The summed E-state index contributed by atoms with van der Waals surface area (Å²) in [6.45, 7) is 3.81. The minimum atomic E-state index is -0.543. The Labute approximate surface area is 82.2 Å². The summed E-state index contributed by atoms with van der Waals surface area (Å²) in [7, 11) is 0. The molecule has 3 rings (SSSR count). The van der Waals surface area contributed by atoms with Crippen LogP contribution in [0.5, 0.6) is 6.01 Å². The van der Waals surface area contributed by atoms with Crippen LogP contribution >= 0.6 is 0 Å². The van der Waals surface area contributed by atoms with E-state index in [1.165, 1.54) is 4.57 Å². The molecule has 7 nitrogen and oxygen atoms in total. The van der Waals surface area contributed by atoms with Crippen LogP contribution in [0.15, 0.2) is 22.2 Å². The van der Waals surface area contributed by atoms with Crippen LogP contribution in [0.2, 0.25) is 0 Å². The minimum Gasteiger partial charge on any atom is -0.327 e. The molecule has 76 valence electrons. The third-order valence-electron chi connectivity index (χ3n) is 2.21. The highest BCUT2D eigenvalue weighted by atomic mass is 16.7. The Morgan fingerprint density at radius 2 is 2.33 bits per heavy atom. The second kappa shape index (κ2) is 2.38. The Bertz CT molecular complexity index is 690. The molecule has 3 heterocycles. The van der Waals surface area contributed by atoms with Crippen molar-refractivity contribution in [2.45, 2.75) is 6.54 Å². The molecule has 0 amide bonds. The zero-order valence-electron chi connectivity index (χ0n) is 7.56. The fraction of sp³-hybridized carbons (Fsp3) is 0.125. The highest BCUT2D eigenvalue weighted by molar-refractivity contribution is 5.71. The SMILES string of the molecule is C=CCn1c(=O)n2c(=O)c3[nH]c(nc31)O2. The van der Waals surface area contributed by atoms with Gasteiger partial charge in [-0.1, -0.05) is 10.8 Å². The van der Waals surface area contributed by atoms with Gasteiger partial charge >= 0.3 is 17.3 Å². The second-order valence-corrected chi connectivity index (χ2v) is 3.11. The maximum Gasteiger partial charge on any atom is 0.367 e. The third kappa shape index (κ3) is 0.815. The number of nitrogens with one attached hydrogen (secondary N) is 1. The molecule has 1 N–H and O–H groups in total. The number of allylic oxidation sites excluding steroid dienone is 1. The molecule has 1 aliphatic rings. The van der Waals surface area contributed by atoms with E-state index in [0.29, 0.717) is 10.4 Å². The first-order valence-electron chi connectivity index (χ1n) is 4.27. The van der Waals surface area contributed by atoms with Crippen molar-refractivity contribution in [3.05, 3.63) is 33.5 Å². The molecule has 0 atom stereocenters. The van der Waals surface area contributed by atoms with E-state index in [1.54, 1.807) is 6.08 Å². The van der Waals surface area contributed by atoms with Crippen LogP contribution in [-0.4, -0.2) is 19.3 Å². The van der Waals surface area contributed by atoms with Gasteiger partial charge < -0.3 is 4.84 Å². The van der Waals surface area contributed by atoms with Gasteiger partial charge in [0, 0.05) is 6.54 Å². The van der Waals surface area contributed by atoms with E-state index in [2.05, 4.69) is 16.5 Å². The third-order valence-corrected chi connectivity index (χ3v) is 2.21. The molecule has 0 aliphatic carbocycles. The number of hydrogen-bond donors (Lipinski definition) is 1. The lowest BCUT2D eigenvalue weighted by Crippen LogP contribution is -2.42. The van der Waals surface area contributed by atoms with Crippen molar-refractivity contribution in [3.63, 3.8) is 0 Å². The summed E-state index contributed by atoms with van der Waals surface area (Å²) < 4.78 is 2.00. The number of nitrogens with zero attached hydrogens (tertiary/aromatic N) is 3. The van der Waals surface area contributed by atoms with Crippen LogP contribution in [0.1, 0.15) is 0 Å². The number of imidazole rings is 1. The van der Waals surface area contributed by atoms with E-state index in [-0.39, 0.29) is 18.1 Å². The number of aromatic nitrogens is 4.